The SMILES string of the molecule is C[C@](O)(COc1ccc(F)cc1)C(=O)Nc1cccc(C(F)(F)F)c1. The van der Waals surface area contributed by atoms with Gasteiger partial charge in [0.05, 0.1) is 5.56 Å². The van der Waals surface area contributed by atoms with Gasteiger partial charge in [-0.1, -0.05) is 6.07 Å². The Labute approximate surface area is 141 Å². The topological polar surface area (TPSA) is 58.6 Å². The zero-order valence-corrected chi connectivity index (χ0v) is 13.1. The zero-order chi connectivity index (χ0) is 18.7. The summed E-state index contributed by atoms with van der Waals surface area (Å²) in [5.41, 5.74) is -3.04. The molecule has 0 aliphatic carbocycles. The number of halogens is 4. The Morgan fingerprint density at radius 2 is 1.80 bits per heavy atom. The van der Waals surface area contributed by atoms with Crippen LogP contribution in [0, 0.1) is 5.82 Å². The largest absolute Gasteiger partial charge is 0.490 e. The maximum atomic E-state index is 12.8. The minimum atomic E-state index is -4.55. The predicted octanol–water partition coefficient (Wildman–Crippen LogP) is 3.61. The molecule has 0 aliphatic rings. The van der Waals surface area contributed by atoms with Gasteiger partial charge in [-0.25, -0.2) is 4.39 Å². The lowest BCUT2D eigenvalue weighted by atomic mass is 10.1. The zero-order valence-electron chi connectivity index (χ0n) is 13.1. The molecule has 0 spiro atoms. The van der Waals surface area contributed by atoms with Crippen LogP contribution in [0.5, 0.6) is 5.75 Å². The summed E-state index contributed by atoms with van der Waals surface area (Å²) < 4.78 is 56.0. The molecule has 2 N–H and O–H groups in total. The van der Waals surface area contributed by atoms with Crippen LogP contribution in [0.1, 0.15) is 12.5 Å². The summed E-state index contributed by atoms with van der Waals surface area (Å²) in [5, 5.41) is 12.4. The third-order valence-electron chi connectivity index (χ3n) is 3.27. The van der Waals surface area contributed by atoms with E-state index in [2.05, 4.69) is 5.32 Å². The van der Waals surface area contributed by atoms with Crippen molar-refractivity contribution in [1.82, 2.24) is 0 Å². The molecule has 1 atom stereocenters. The molecule has 25 heavy (non-hydrogen) atoms. The minimum Gasteiger partial charge on any atom is -0.490 e. The monoisotopic (exact) mass is 357 g/mol. The van der Waals surface area contributed by atoms with Crippen molar-refractivity contribution in [3.8, 4) is 5.75 Å². The van der Waals surface area contributed by atoms with E-state index in [0.717, 1.165) is 37.3 Å². The van der Waals surface area contributed by atoms with Gasteiger partial charge >= 0.3 is 6.18 Å². The van der Waals surface area contributed by atoms with E-state index in [4.69, 9.17) is 4.74 Å². The van der Waals surface area contributed by atoms with E-state index in [9.17, 15) is 27.5 Å². The average Bonchev–Trinajstić information content (AvgIpc) is 2.54. The molecule has 0 bridgehead atoms. The molecule has 134 valence electrons. The van der Waals surface area contributed by atoms with Crippen LogP contribution >= 0.6 is 0 Å². The fourth-order valence-corrected chi connectivity index (χ4v) is 1.86. The number of carbonyl (C=O) groups excluding carboxylic acids is 1. The number of nitrogens with one attached hydrogen (secondary N) is 1. The second-order valence-electron chi connectivity index (χ2n) is 5.55. The van der Waals surface area contributed by atoms with E-state index in [-0.39, 0.29) is 11.4 Å². The number of benzene rings is 2. The quantitative estimate of drug-likeness (QED) is 0.804. The van der Waals surface area contributed by atoms with E-state index < -0.39 is 35.7 Å². The van der Waals surface area contributed by atoms with Crippen LogP contribution in [-0.2, 0) is 11.0 Å². The lowest BCUT2D eigenvalue weighted by molar-refractivity contribution is -0.138. The fraction of sp³-hybridized carbons (Fsp3) is 0.235. The van der Waals surface area contributed by atoms with Gasteiger partial charge in [-0.15, -0.1) is 0 Å². The number of ether oxygens (including phenoxy) is 1. The lowest BCUT2D eigenvalue weighted by Crippen LogP contribution is -2.45. The van der Waals surface area contributed by atoms with Crippen molar-refractivity contribution in [2.75, 3.05) is 11.9 Å². The molecule has 2 aromatic rings. The van der Waals surface area contributed by atoms with E-state index in [1.807, 2.05) is 0 Å². The molecule has 2 aromatic carbocycles. The third-order valence-corrected chi connectivity index (χ3v) is 3.27. The molecule has 2 rings (SSSR count). The Balaban J connectivity index is 2.02. The van der Waals surface area contributed by atoms with Gasteiger partial charge in [0.25, 0.3) is 5.91 Å². The lowest BCUT2D eigenvalue weighted by Gasteiger charge is -2.22. The van der Waals surface area contributed by atoms with E-state index in [0.29, 0.717) is 0 Å². The van der Waals surface area contributed by atoms with E-state index in [1.54, 1.807) is 0 Å². The molecule has 0 fully saturated rings. The Kier molecular flexibility index (Phi) is 5.32. The molecular weight excluding hydrogens is 342 g/mol. The van der Waals surface area contributed by atoms with Gasteiger partial charge < -0.3 is 15.2 Å². The predicted molar refractivity (Wildman–Crippen MR) is 82.6 cm³/mol. The standard InChI is InChI=1S/C17H15F4NO3/c1-16(24,10-25-14-7-5-12(18)6-8-14)15(23)22-13-4-2-3-11(9-13)17(19,20)21/h2-9,24H,10H2,1H3,(H,22,23)/t16-/m0/s1. The van der Waals surface area contributed by atoms with E-state index >= 15 is 0 Å². The number of anilines is 1. The van der Waals surface area contributed by atoms with Gasteiger partial charge in [0.2, 0.25) is 0 Å². The third kappa shape index (κ3) is 5.18. The first-order valence-electron chi connectivity index (χ1n) is 7.17. The molecule has 0 heterocycles. The summed E-state index contributed by atoms with van der Waals surface area (Å²) in [6, 6.07) is 8.96. The molecular formula is C17H15F4NO3. The van der Waals surface area contributed by atoms with Gasteiger partial charge in [-0.2, -0.15) is 13.2 Å². The maximum Gasteiger partial charge on any atom is 0.416 e. The van der Waals surface area contributed by atoms with Gasteiger partial charge in [-0.3, -0.25) is 4.79 Å². The first-order chi connectivity index (χ1) is 11.6. The van der Waals surface area contributed by atoms with Crippen LogP contribution in [0.4, 0.5) is 23.2 Å². The summed E-state index contributed by atoms with van der Waals surface area (Å²) in [4.78, 5) is 12.1. The van der Waals surface area contributed by atoms with Crippen molar-refractivity contribution in [3.05, 3.63) is 59.9 Å². The summed E-state index contributed by atoms with van der Waals surface area (Å²) in [7, 11) is 0. The number of hydrogen-bond acceptors (Lipinski definition) is 3. The van der Waals surface area contributed by atoms with Gasteiger partial charge in [-0.05, 0) is 49.4 Å². The second-order valence-corrected chi connectivity index (χ2v) is 5.55. The average molecular weight is 357 g/mol. The highest BCUT2D eigenvalue weighted by Crippen LogP contribution is 2.30. The van der Waals surface area contributed by atoms with Crippen LogP contribution < -0.4 is 10.1 Å². The van der Waals surface area contributed by atoms with Crippen LogP contribution in [0.2, 0.25) is 0 Å². The smallest absolute Gasteiger partial charge is 0.416 e. The maximum absolute atomic E-state index is 12.8. The van der Waals surface area contributed by atoms with Gasteiger partial charge in [0.1, 0.15) is 18.2 Å². The Hall–Kier alpha value is -2.61. The second kappa shape index (κ2) is 7.10. The Bertz CT molecular complexity index is 742. The normalized spacial score (nSPS) is 13.8. The van der Waals surface area contributed by atoms with Crippen LogP contribution in [0.25, 0.3) is 0 Å². The van der Waals surface area contributed by atoms with Gasteiger partial charge in [0.15, 0.2) is 5.60 Å². The molecule has 0 aliphatic heterocycles. The van der Waals surface area contributed by atoms with Gasteiger partial charge in [0, 0.05) is 5.69 Å². The molecule has 0 aromatic heterocycles. The molecule has 0 saturated carbocycles. The Morgan fingerprint density at radius 3 is 2.40 bits per heavy atom. The molecule has 0 saturated heterocycles. The number of aliphatic hydroxyl groups is 1. The number of hydrogen-bond donors (Lipinski definition) is 2. The van der Waals surface area contributed by atoms with Crippen molar-refractivity contribution in [2.45, 2.75) is 18.7 Å². The van der Waals surface area contributed by atoms with Crippen molar-refractivity contribution < 1.29 is 32.2 Å². The molecule has 0 radical (unpaired) electrons. The highest BCUT2D eigenvalue weighted by Gasteiger charge is 2.33. The molecule has 0 unspecified atom stereocenters. The molecule has 1 amide bonds. The number of amides is 1. The first kappa shape index (κ1) is 18.7. The minimum absolute atomic E-state index is 0.109. The molecule has 4 nitrogen and oxygen atoms in total. The van der Waals surface area contributed by atoms with E-state index in [1.165, 1.54) is 18.2 Å². The van der Waals surface area contributed by atoms with Crippen molar-refractivity contribution in [1.29, 1.82) is 0 Å². The fourth-order valence-electron chi connectivity index (χ4n) is 1.86. The van der Waals surface area contributed by atoms with Crippen molar-refractivity contribution in [3.63, 3.8) is 0 Å². The number of carbonyl (C=O) groups is 1. The summed E-state index contributed by atoms with van der Waals surface area (Å²) in [6.45, 7) is 0.683. The highest BCUT2D eigenvalue weighted by molar-refractivity contribution is 5.97. The summed E-state index contributed by atoms with van der Waals surface area (Å²) >= 11 is 0. The number of alkyl halides is 3. The summed E-state index contributed by atoms with van der Waals surface area (Å²) in [6.07, 6.45) is -4.55. The number of rotatable bonds is 5. The summed E-state index contributed by atoms with van der Waals surface area (Å²) in [5.74, 6) is -1.18. The van der Waals surface area contributed by atoms with Crippen molar-refractivity contribution >= 4 is 11.6 Å². The highest BCUT2D eigenvalue weighted by atomic mass is 19.4. The van der Waals surface area contributed by atoms with Crippen LogP contribution in [0.3, 0.4) is 0 Å². The first-order valence-corrected chi connectivity index (χ1v) is 7.17. The van der Waals surface area contributed by atoms with Crippen LogP contribution in [-0.4, -0.2) is 23.2 Å². The van der Waals surface area contributed by atoms with Crippen molar-refractivity contribution in [2.24, 2.45) is 0 Å². The molecule has 8 heteroatoms. The Morgan fingerprint density at radius 1 is 1.16 bits per heavy atom. The van der Waals surface area contributed by atoms with Crippen LogP contribution in [0.15, 0.2) is 48.5 Å².